The molecule has 0 radical (unpaired) electrons. The van der Waals surface area contributed by atoms with Crippen molar-refractivity contribution in [2.45, 2.75) is 19.8 Å². The lowest BCUT2D eigenvalue weighted by molar-refractivity contribution is 0.398. The van der Waals surface area contributed by atoms with Crippen LogP contribution in [0.25, 0.3) is 22.2 Å². The molecule has 0 aliphatic carbocycles. The van der Waals surface area contributed by atoms with E-state index in [9.17, 15) is 0 Å². The van der Waals surface area contributed by atoms with Gasteiger partial charge in [-0.15, -0.1) is 10.2 Å². The van der Waals surface area contributed by atoms with Gasteiger partial charge in [-0.2, -0.15) is 0 Å². The average Bonchev–Trinajstić information content (AvgIpc) is 3.16. The molecule has 0 saturated carbocycles. The van der Waals surface area contributed by atoms with Gasteiger partial charge in [-0.05, 0) is 29.8 Å². The lowest BCUT2D eigenvalue weighted by atomic mass is 10.1. The standard InChI is InChI=1S/C19H18N6OS/c1-11(2)18-24-25-19(27-18)23-15-5-4-14-17(22-15)13(7-9-20-14)12-6-8-21-16(10-12)26-3/h4-11H,1-3H3,(H,22,23,25). The second-order valence-electron chi connectivity index (χ2n) is 6.23. The molecule has 1 N–H and O–H groups in total. The third-order valence-electron chi connectivity index (χ3n) is 4.01. The molecule has 7 nitrogen and oxygen atoms in total. The normalized spacial score (nSPS) is 11.1. The number of hydrogen-bond donors (Lipinski definition) is 1. The minimum absolute atomic E-state index is 0.347. The molecule has 136 valence electrons. The minimum atomic E-state index is 0.347. The summed E-state index contributed by atoms with van der Waals surface area (Å²) in [5.74, 6) is 1.60. The van der Waals surface area contributed by atoms with Gasteiger partial charge >= 0.3 is 0 Å². The highest BCUT2D eigenvalue weighted by Crippen LogP contribution is 2.30. The van der Waals surface area contributed by atoms with Crippen LogP contribution in [-0.2, 0) is 0 Å². The number of pyridine rings is 3. The van der Waals surface area contributed by atoms with Crippen molar-refractivity contribution in [3.63, 3.8) is 0 Å². The third kappa shape index (κ3) is 3.56. The Kier molecular flexibility index (Phi) is 4.64. The summed E-state index contributed by atoms with van der Waals surface area (Å²) in [5, 5.41) is 13.4. The molecule has 0 spiro atoms. The van der Waals surface area contributed by atoms with Crippen LogP contribution in [0, 0.1) is 0 Å². The Labute approximate surface area is 160 Å². The maximum Gasteiger partial charge on any atom is 0.213 e. The molecule has 8 heteroatoms. The number of methoxy groups -OCH3 is 1. The molecule has 0 unspecified atom stereocenters. The van der Waals surface area contributed by atoms with Crippen LogP contribution in [0.4, 0.5) is 10.9 Å². The van der Waals surface area contributed by atoms with Crippen LogP contribution in [0.15, 0.2) is 42.7 Å². The Hall–Kier alpha value is -3.13. The Balaban J connectivity index is 1.74. The molecule has 0 amide bonds. The maximum absolute atomic E-state index is 5.24. The Morgan fingerprint density at radius 2 is 1.89 bits per heavy atom. The zero-order valence-corrected chi connectivity index (χ0v) is 16.0. The van der Waals surface area contributed by atoms with Gasteiger partial charge in [-0.1, -0.05) is 25.2 Å². The first-order valence-corrected chi connectivity index (χ1v) is 9.32. The largest absolute Gasteiger partial charge is 0.481 e. The van der Waals surface area contributed by atoms with E-state index < -0.39 is 0 Å². The zero-order chi connectivity index (χ0) is 18.8. The molecule has 0 aliphatic heterocycles. The summed E-state index contributed by atoms with van der Waals surface area (Å²) >= 11 is 1.53. The first-order chi connectivity index (χ1) is 13.1. The Bertz CT molecular complexity index is 1090. The molecule has 27 heavy (non-hydrogen) atoms. The number of anilines is 2. The number of nitrogens with zero attached hydrogens (tertiary/aromatic N) is 5. The molecule has 0 atom stereocenters. The molecule has 0 saturated heterocycles. The van der Waals surface area contributed by atoms with Crippen LogP contribution in [0.5, 0.6) is 5.88 Å². The van der Waals surface area contributed by atoms with E-state index in [0.717, 1.165) is 32.3 Å². The SMILES string of the molecule is COc1cc(-c2ccnc3ccc(Nc4nnc(C(C)C)s4)nc23)ccn1. The summed E-state index contributed by atoms with van der Waals surface area (Å²) in [6, 6.07) is 9.59. The highest BCUT2D eigenvalue weighted by atomic mass is 32.1. The summed E-state index contributed by atoms with van der Waals surface area (Å²) in [6.45, 7) is 4.19. The van der Waals surface area contributed by atoms with Crippen LogP contribution >= 0.6 is 11.3 Å². The summed E-state index contributed by atoms with van der Waals surface area (Å²) < 4.78 is 5.24. The second kappa shape index (κ2) is 7.24. The van der Waals surface area contributed by atoms with Gasteiger partial charge in [0, 0.05) is 29.9 Å². The number of fused-ring (bicyclic) bond motifs is 1. The average molecular weight is 378 g/mol. The van der Waals surface area contributed by atoms with Gasteiger partial charge in [0.15, 0.2) is 0 Å². The number of ether oxygens (including phenoxy) is 1. The molecule has 0 fully saturated rings. The fourth-order valence-corrected chi connectivity index (χ4v) is 3.40. The van der Waals surface area contributed by atoms with Crippen LogP contribution in [-0.4, -0.2) is 32.3 Å². The van der Waals surface area contributed by atoms with Gasteiger partial charge in [0.05, 0.1) is 18.1 Å². The van der Waals surface area contributed by atoms with Gasteiger partial charge < -0.3 is 10.1 Å². The summed E-state index contributed by atoms with van der Waals surface area (Å²) in [7, 11) is 1.60. The van der Waals surface area contributed by atoms with Crippen LogP contribution in [0.2, 0.25) is 0 Å². The van der Waals surface area contributed by atoms with E-state index in [1.165, 1.54) is 11.3 Å². The molecule has 4 aromatic rings. The van der Waals surface area contributed by atoms with Crippen LogP contribution in [0.1, 0.15) is 24.8 Å². The molecule has 0 aliphatic rings. The third-order valence-corrected chi connectivity index (χ3v) is 5.15. The van der Waals surface area contributed by atoms with Gasteiger partial charge in [0.25, 0.3) is 0 Å². The van der Waals surface area contributed by atoms with Gasteiger partial charge in [-0.3, -0.25) is 4.98 Å². The molecular weight excluding hydrogens is 360 g/mol. The van der Waals surface area contributed by atoms with E-state index in [-0.39, 0.29) is 0 Å². The smallest absolute Gasteiger partial charge is 0.213 e. The van der Waals surface area contributed by atoms with E-state index in [4.69, 9.17) is 9.72 Å². The van der Waals surface area contributed by atoms with Gasteiger partial charge in [-0.25, -0.2) is 9.97 Å². The van der Waals surface area contributed by atoms with Gasteiger partial charge in [0.1, 0.15) is 10.8 Å². The molecule has 4 heterocycles. The van der Waals surface area contributed by atoms with E-state index >= 15 is 0 Å². The lowest BCUT2D eigenvalue weighted by Gasteiger charge is -2.08. The van der Waals surface area contributed by atoms with Crippen molar-refractivity contribution in [3.8, 4) is 17.0 Å². The van der Waals surface area contributed by atoms with E-state index in [2.05, 4.69) is 39.3 Å². The maximum atomic E-state index is 5.24. The topological polar surface area (TPSA) is 85.7 Å². The fourth-order valence-electron chi connectivity index (χ4n) is 2.64. The molecule has 4 rings (SSSR count). The van der Waals surface area contributed by atoms with Crippen molar-refractivity contribution >= 4 is 33.3 Å². The zero-order valence-electron chi connectivity index (χ0n) is 15.2. The molecule has 4 aromatic heterocycles. The van der Waals surface area contributed by atoms with Crippen molar-refractivity contribution in [2.75, 3.05) is 12.4 Å². The fraction of sp³-hybridized carbons (Fsp3) is 0.211. The van der Waals surface area contributed by atoms with Crippen molar-refractivity contribution < 1.29 is 4.74 Å². The molecule has 0 bridgehead atoms. The van der Waals surface area contributed by atoms with Gasteiger partial charge in [0.2, 0.25) is 11.0 Å². The Morgan fingerprint density at radius 1 is 1.04 bits per heavy atom. The number of rotatable bonds is 5. The highest BCUT2D eigenvalue weighted by molar-refractivity contribution is 7.15. The van der Waals surface area contributed by atoms with Crippen LogP contribution < -0.4 is 10.1 Å². The predicted octanol–water partition coefficient (Wildman–Crippen LogP) is 4.42. The number of nitrogens with one attached hydrogen (secondary N) is 1. The summed E-state index contributed by atoms with van der Waals surface area (Å²) in [4.78, 5) is 13.4. The minimum Gasteiger partial charge on any atom is -0.481 e. The van der Waals surface area contributed by atoms with E-state index in [1.807, 2.05) is 30.3 Å². The highest BCUT2D eigenvalue weighted by Gasteiger charge is 2.11. The Morgan fingerprint density at radius 3 is 2.67 bits per heavy atom. The molecular formula is C19H18N6OS. The monoisotopic (exact) mass is 378 g/mol. The predicted molar refractivity (Wildman–Crippen MR) is 107 cm³/mol. The quantitative estimate of drug-likeness (QED) is 0.550. The molecule has 0 aromatic carbocycles. The first kappa shape index (κ1) is 17.3. The van der Waals surface area contributed by atoms with E-state index in [0.29, 0.717) is 17.6 Å². The summed E-state index contributed by atoms with van der Waals surface area (Å²) in [6.07, 6.45) is 3.50. The van der Waals surface area contributed by atoms with Crippen molar-refractivity contribution in [1.82, 2.24) is 25.1 Å². The van der Waals surface area contributed by atoms with Crippen molar-refractivity contribution in [1.29, 1.82) is 0 Å². The number of aromatic nitrogens is 5. The second-order valence-corrected chi connectivity index (χ2v) is 7.24. The van der Waals surface area contributed by atoms with Crippen LogP contribution in [0.3, 0.4) is 0 Å². The van der Waals surface area contributed by atoms with E-state index in [1.54, 1.807) is 19.5 Å². The number of hydrogen-bond acceptors (Lipinski definition) is 8. The van der Waals surface area contributed by atoms with Crippen molar-refractivity contribution in [3.05, 3.63) is 47.7 Å². The first-order valence-electron chi connectivity index (χ1n) is 8.50. The lowest BCUT2D eigenvalue weighted by Crippen LogP contribution is -1.96. The van der Waals surface area contributed by atoms with Crippen molar-refractivity contribution in [2.24, 2.45) is 0 Å². The summed E-state index contributed by atoms with van der Waals surface area (Å²) in [5.41, 5.74) is 3.54.